The van der Waals surface area contributed by atoms with Gasteiger partial charge < -0.3 is 11.1 Å². The van der Waals surface area contributed by atoms with Crippen molar-refractivity contribution in [2.24, 2.45) is 17.1 Å². The summed E-state index contributed by atoms with van der Waals surface area (Å²) in [6, 6.07) is 0. The fourth-order valence-corrected chi connectivity index (χ4v) is 3.13. The van der Waals surface area contributed by atoms with Gasteiger partial charge in [0.2, 0.25) is 5.91 Å². The molecule has 0 radical (unpaired) electrons. The van der Waals surface area contributed by atoms with E-state index in [1.807, 2.05) is 13.1 Å². The third-order valence-electron chi connectivity index (χ3n) is 4.95. The third-order valence-corrected chi connectivity index (χ3v) is 4.95. The van der Waals surface area contributed by atoms with Crippen LogP contribution in [0.3, 0.4) is 0 Å². The van der Waals surface area contributed by atoms with Crippen LogP contribution in [0.4, 0.5) is 0 Å². The van der Waals surface area contributed by atoms with Gasteiger partial charge in [-0.05, 0) is 56.9 Å². The SMILES string of the molecule is Cc1[nH]ncc1CCCNC(=O)C1(CN)CCC(C)CC1. The molecule has 2 rings (SSSR count). The molecule has 1 amide bonds. The molecule has 1 aliphatic carbocycles. The standard InChI is InChI=1S/C16H28N4O/c1-12-5-7-16(11-17,8-6-12)15(21)18-9-3-4-14-10-19-20-13(14)2/h10,12H,3-9,11,17H2,1-2H3,(H,18,21)(H,19,20). The number of carbonyl (C=O) groups excluding carboxylic acids is 1. The molecular formula is C16H28N4O. The lowest BCUT2D eigenvalue weighted by Crippen LogP contribution is -2.48. The number of amides is 1. The Kier molecular flexibility index (Phi) is 5.39. The quantitative estimate of drug-likeness (QED) is 0.700. The van der Waals surface area contributed by atoms with Crippen LogP contribution < -0.4 is 11.1 Å². The molecule has 0 atom stereocenters. The molecule has 1 aromatic rings. The Bertz CT molecular complexity index is 461. The molecule has 5 heteroatoms. The Balaban J connectivity index is 1.77. The second kappa shape index (κ2) is 7.07. The lowest BCUT2D eigenvalue weighted by molar-refractivity contribution is -0.132. The van der Waals surface area contributed by atoms with Crippen molar-refractivity contribution in [3.63, 3.8) is 0 Å². The van der Waals surface area contributed by atoms with Gasteiger partial charge in [0.25, 0.3) is 0 Å². The number of rotatable bonds is 6. The molecule has 0 bridgehead atoms. The van der Waals surface area contributed by atoms with E-state index in [0.29, 0.717) is 13.1 Å². The van der Waals surface area contributed by atoms with Crippen molar-refractivity contribution in [2.75, 3.05) is 13.1 Å². The maximum Gasteiger partial charge on any atom is 0.227 e. The molecule has 1 aliphatic rings. The second-order valence-electron chi connectivity index (χ2n) is 6.55. The summed E-state index contributed by atoms with van der Waals surface area (Å²) in [4.78, 5) is 12.5. The van der Waals surface area contributed by atoms with Crippen molar-refractivity contribution in [3.05, 3.63) is 17.5 Å². The lowest BCUT2D eigenvalue weighted by atomic mass is 9.70. The number of hydrogen-bond donors (Lipinski definition) is 3. The molecule has 118 valence electrons. The largest absolute Gasteiger partial charge is 0.356 e. The van der Waals surface area contributed by atoms with Gasteiger partial charge in [0.05, 0.1) is 11.6 Å². The monoisotopic (exact) mass is 292 g/mol. The number of nitrogens with zero attached hydrogens (tertiary/aromatic N) is 1. The molecule has 0 aliphatic heterocycles. The van der Waals surface area contributed by atoms with Crippen LogP contribution in [0.15, 0.2) is 6.20 Å². The highest BCUT2D eigenvalue weighted by Crippen LogP contribution is 2.38. The van der Waals surface area contributed by atoms with Crippen molar-refractivity contribution < 1.29 is 4.79 Å². The molecule has 1 fully saturated rings. The molecule has 0 aromatic carbocycles. The van der Waals surface area contributed by atoms with Crippen molar-refractivity contribution >= 4 is 5.91 Å². The summed E-state index contributed by atoms with van der Waals surface area (Å²) in [6.07, 6.45) is 7.81. The van der Waals surface area contributed by atoms with E-state index in [-0.39, 0.29) is 11.3 Å². The van der Waals surface area contributed by atoms with Crippen LogP contribution in [0.25, 0.3) is 0 Å². The van der Waals surface area contributed by atoms with Gasteiger partial charge in [0.15, 0.2) is 0 Å². The number of nitrogens with two attached hydrogens (primary N) is 1. The van der Waals surface area contributed by atoms with Crippen molar-refractivity contribution in [2.45, 2.75) is 52.4 Å². The summed E-state index contributed by atoms with van der Waals surface area (Å²) < 4.78 is 0. The Hall–Kier alpha value is -1.36. The van der Waals surface area contributed by atoms with E-state index in [9.17, 15) is 4.79 Å². The van der Waals surface area contributed by atoms with Gasteiger partial charge in [-0.2, -0.15) is 5.10 Å². The van der Waals surface area contributed by atoms with Gasteiger partial charge in [-0.25, -0.2) is 0 Å². The van der Waals surface area contributed by atoms with Gasteiger partial charge in [0, 0.05) is 18.8 Å². The molecular weight excluding hydrogens is 264 g/mol. The second-order valence-corrected chi connectivity index (χ2v) is 6.55. The predicted octanol–water partition coefficient (Wildman–Crippen LogP) is 1.92. The van der Waals surface area contributed by atoms with Crippen LogP contribution >= 0.6 is 0 Å². The maximum atomic E-state index is 12.5. The first-order valence-corrected chi connectivity index (χ1v) is 8.04. The molecule has 21 heavy (non-hydrogen) atoms. The maximum absolute atomic E-state index is 12.5. The summed E-state index contributed by atoms with van der Waals surface area (Å²) in [6.45, 7) is 5.45. The van der Waals surface area contributed by atoms with E-state index < -0.39 is 0 Å². The number of aromatic nitrogens is 2. The van der Waals surface area contributed by atoms with E-state index in [1.165, 1.54) is 5.56 Å². The molecule has 0 unspecified atom stereocenters. The van der Waals surface area contributed by atoms with Crippen LogP contribution in [0.5, 0.6) is 0 Å². The van der Waals surface area contributed by atoms with Crippen molar-refractivity contribution in [1.82, 2.24) is 15.5 Å². The Morgan fingerprint density at radius 3 is 2.81 bits per heavy atom. The molecule has 4 N–H and O–H groups in total. The summed E-state index contributed by atoms with van der Waals surface area (Å²) >= 11 is 0. The number of aryl methyl sites for hydroxylation is 2. The van der Waals surface area contributed by atoms with Crippen molar-refractivity contribution in [1.29, 1.82) is 0 Å². The molecule has 0 saturated heterocycles. The number of aromatic amines is 1. The average molecular weight is 292 g/mol. The predicted molar refractivity (Wildman–Crippen MR) is 83.8 cm³/mol. The number of nitrogens with one attached hydrogen (secondary N) is 2. The zero-order valence-electron chi connectivity index (χ0n) is 13.2. The lowest BCUT2D eigenvalue weighted by Gasteiger charge is -2.37. The first kappa shape index (κ1) is 16.0. The first-order chi connectivity index (χ1) is 10.1. The first-order valence-electron chi connectivity index (χ1n) is 8.04. The fraction of sp³-hybridized carbons (Fsp3) is 0.750. The average Bonchev–Trinajstić information content (AvgIpc) is 2.90. The highest BCUT2D eigenvalue weighted by atomic mass is 16.2. The van der Waals surface area contributed by atoms with Crippen LogP contribution in [0, 0.1) is 18.3 Å². The van der Waals surface area contributed by atoms with Crippen LogP contribution in [-0.4, -0.2) is 29.2 Å². The van der Waals surface area contributed by atoms with Gasteiger partial charge >= 0.3 is 0 Å². The van der Waals surface area contributed by atoms with E-state index in [0.717, 1.165) is 50.1 Å². The summed E-state index contributed by atoms with van der Waals surface area (Å²) in [7, 11) is 0. The Labute approximate surface area is 127 Å². The normalized spacial score (nSPS) is 25.8. The van der Waals surface area contributed by atoms with Gasteiger partial charge in [-0.1, -0.05) is 6.92 Å². The van der Waals surface area contributed by atoms with Gasteiger partial charge in [-0.3, -0.25) is 9.89 Å². The highest BCUT2D eigenvalue weighted by Gasteiger charge is 2.39. The zero-order valence-corrected chi connectivity index (χ0v) is 13.2. The van der Waals surface area contributed by atoms with E-state index >= 15 is 0 Å². The molecule has 1 aromatic heterocycles. The molecule has 5 nitrogen and oxygen atoms in total. The van der Waals surface area contributed by atoms with Crippen LogP contribution in [0.2, 0.25) is 0 Å². The molecule has 1 heterocycles. The van der Waals surface area contributed by atoms with Crippen LogP contribution in [-0.2, 0) is 11.2 Å². The minimum Gasteiger partial charge on any atom is -0.356 e. The summed E-state index contributed by atoms with van der Waals surface area (Å²) in [5.41, 5.74) is 7.93. The van der Waals surface area contributed by atoms with Gasteiger partial charge in [0.1, 0.15) is 0 Å². The zero-order chi connectivity index (χ0) is 15.3. The number of H-pyrrole nitrogens is 1. The smallest absolute Gasteiger partial charge is 0.227 e. The third kappa shape index (κ3) is 3.84. The van der Waals surface area contributed by atoms with E-state index in [2.05, 4.69) is 22.4 Å². The minimum atomic E-state index is -0.321. The van der Waals surface area contributed by atoms with Crippen LogP contribution in [0.1, 0.15) is 50.3 Å². The van der Waals surface area contributed by atoms with E-state index in [4.69, 9.17) is 5.73 Å². The number of hydrogen-bond acceptors (Lipinski definition) is 3. The van der Waals surface area contributed by atoms with Gasteiger partial charge in [-0.15, -0.1) is 0 Å². The molecule has 1 saturated carbocycles. The molecule has 0 spiro atoms. The Morgan fingerprint density at radius 2 is 2.24 bits per heavy atom. The summed E-state index contributed by atoms with van der Waals surface area (Å²) in [5.74, 6) is 0.877. The topological polar surface area (TPSA) is 83.8 Å². The minimum absolute atomic E-state index is 0.154. The van der Waals surface area contributed by atoms with Crippen molar-refractivity contribution in [3.8, 4) is 0 Å². The van der Waals surface area contributed by atoms with E-state index in [1.54, 1.807) is 0 Å². The Morgan fingerprint density at radius 1 is 1.52 bits per heavy atom. The highest BCUT2D eigenvalue weighted by molar-refractivity contribution is 5.83. The summed E-state index contributed by atoms with van der Waals surface area (Å²) in [5, 5.41) is 10.0. The fourth-order valence-electron chi connectivity index (χ4n) is 3.13. The number of carbonyl (C=O) groups is 1.